The molecule has 0 spiro atoms. The molecule has 0 heterocycles. The van der Waals surface area contributed by atoms with Crippen LogP contribution < -0.4 is 10.2 Å². The summed E-state index contributed by atoms with van der Waals surface area (Å²) in [5.41, 5.74) is 2.91. The van der Waals surface area contributed by atoms with Gasteiger partial charge in [0, 0.05) is 24.8 Å². The molecule has 2 nitrogen and oxygen atoms in total. The quantitative estimate of drug-likeness (QED) is 0.709. The molecule has 20 heavy (non-hydrogen) atoms. The number of hydrogen-bond acceptors (Lipinski definition) is 2. The number of aryl methyl sites for hydroxylation is 1. The van der Waals surface area contributed by atoms with Crippen molar-refractivity contribution >= 4 is 5.69 Å². The normalized spacial score (nSPS) is 11.7. The molecule has 0 bridgehead atoms. The van der Waals surface area contributed by atoms with Crippen LogP contribution in [0.1, 0.15) is 52.0 Å². The Morgan fingerprint density at radius 1 is 0.950 bits per heavy atom. The molecule has 0 aliphatic rings. The third-order valence-electron chi connectivity index (χ3n) is 3.55. The van der Waals surface area contributed by atoms with E-state index in [4.69, 9.17) is 0 Å². The molecule has 0 aromatic heterocycles. The highest BCUT2D eigenvalue weighted by Gasteiger charge is 2.07. The first kappa shape index (κ1) is 17.0. The summed E-state index contributed by atoms with van der Waals surface area (Å²) in [5.74, 6) is 0. The van der Waals surface area contributed by atoms with E-state index in [2.05, 4.69) is 69.2 Å². The van der Waals surface area contributed by atoms with Crippen LogP contribution >= 0.6 is 0 Å². The van der Waals surface area contributed by atoms with E-state index in [1.807, 2.05) is 0 Å². The second-order valence-corrected chi connectivity index (χ2v) is 6.85. The van der Waals surface area contributed by atoms with E-state index in [0.717, 1.165) is 13.1 Å². The van der Waals surface area contributed by atoms with Gasteiger partial charge in [-0.25, -0.2) is 0 Å². The fourth-order valence-electron chi connectivity index (χ4n) is 2.22. The molecule has 0 saturated heterocycles. The van der Waals surface area contributed by atoms with Gasteiger partial charge >= 0.3 is 0 Å². The Hall–Kier alpha value is -1.02. The fourth-order valence-corrected chi connectivity index (χ4v) is 2.22. The summed E-state index contributed by atoms with van der Waals surface area (Å²) in [6.45, 7) is 11.1. The van der Waals surface area contributed by atoms with Crippen LogP contribution in [0.15, 0.2) is 24.3 Å². The summed E-state index contributed by atoms with van der Waals surface area (Å²) in [4.78, 5) is 2.35. The molecule has 0 unspecified atom stereocenters. The average Bonchev–Trinajstić information content (AvgIpc) is 2.37. The minimum absolute atomic E-state index is 0.256. The van der Waals surface area contributed by atoms with Gasteiger partial charge in [-0.15, -0.1) is 0 Å². The third kappa shape index (κ3) is 7.54. The van der Waals surface area contributed by atoms with E-state index in [1.165, 1.54) is 36.9 Å². The Morgan fingerprint density at radius 3 is 2.15 bits per heavy atom. The zero-order valence-corrected chi connectivity index (χ0v) is 14.0. The van der Waals surface area contributed by atoms with Gasteiger partial charge in [-0.2, -0.15) is 0 Å². The van der Waals surface area contributed by atoms with Crippen molar-refractivity contribution in [1.29, 1.82) is 0 Å². The molecule has 0 fully saturated rings. The topological polar surface area (TPSA) is 15.3 Å². The van der Waals surface area contributed by atoms with E-state index in [0.29, 0.717) is 0 Å². The largest absolute Gasteiger partial charge is 0.375 e. The zero-order valence-electron chi connectivity index (χ0n) is 14.0. The van der Waals surface area contributed by atoms with Gasteiger partial charge in [0.05, 0.1) is 0 Å². The first-order valence-corrected chi connectivity index (χ1v) is 7.91. The van der Waals surface area contributed by atoms with Crippen molar-refractivity contribution in [2.75, 3.05) is 25.0 Å². The fraction of sp³-hybridized carbons (Fsp3) is 0.667. The maximum Gasteiger partial charge on any atom is 0.0363 e. The van der Waals surface area contributed by atoms with Crippen LogP contribution in [-0.4, -0.2) is 25.7 Å². The lowest BCUT2D eigenvalue weighted by Crippen LogP contribution is -2.36. The first-order chi connectivity index (χ1) is 9.38. The highest BCUT2D eigenvalue weighted by Crippen LogP contribution is 2.14. The van der Waals surface area contributed by atoms with Crippen molar-refractivity contribution in [3.63, 3.8) is 0 Å². The number of rotatable bonds is 8. The molecule has 0 amide bonds. The van der Waals surface area contributed by atoms with Crippen LogP contribution in [0.25, 0.3) is 0 Å². The van der Waals surface area contributed by atoms with E-state index in [1.54, 1.807) is 0 Å². The SMILES string of the molecule is Cc1ccc(N(C)CCCCCCNC(C)(C)C)cc1. The molecule has 1 aromatic rings. The van der Waals surface area contributed by atoms with Gasteiger partial charge in [-0.3, -0.25) is 0 Å². The van der Waals surface area contributed by atoms with Gasteiger partial charge in [0.2, 0.25) is 0 Å². The van der Waals surface area contributed by atoms with Crippen LogP contribution in [0.2, 0.25) is 0 Å². The highest BCUT2D eigenvalue weighted by atomic mass is 15.1. The Labute approximate surface area is 125 Å². The molecule has 0 aliphatic heterocycles. The van der Waals surface area contributed by atoms with E-state index in [-0.39, 0.29) is 5.54 Å². The second kappa shape index (κ2) is 8.31. The third-order valence-corrected chi connectivity index (χ3v) is 3.55. The molecule has 0 saturated carbocycles. The van der Waals surface area contributed by atoms with Gasteiger partial charge in [-0.05, 0) is 59.2 Å². The van der Waals surface area contributed by atoms with Gasteiger partial charge in [0.15, 0.2) is 0 Å². The molecule has 114 valence electrons. The predicted octanol–water partition coefficient (Wildman–Crippen LogP) is 4.38. The van der Waals surface area contributed by atoms with Crippen LogP contribution in [0.3, 0.4) is 0 Å². The van der Waals surface area contributed by atoms with Crippen LogP contribution in [-0.2, 0) is 0 Å². The van der Waals surface area contributed by atoms with Crippen LogP contribution in [0, 0.1) is 6.92 Å². The maximum atomic E-state index is 3.54. The highest BCUT2D eigenvalue weighted by molar-refractivity contribution is 5.46. The molecular formula is C18H32N2. The van der Waals surface area contributed by atoms with Crippen LogP contribution in [0.4, 0.5) is 5.69 Å². The van der Waals surface area contributed by atoms with E-state index >= 15 is 0 Å². The lowest BCUT2D eigenvalue weighted by atomic mass is 10.1. The van der Waals surface area contributed by atoms with Gasteiger partial charge in [0.1, 0.15) is 0 Å². The van der Waals surface area contributed by atoms with Crippen molar-refractivity contribution in [3.05, 3.63) is 29.8 Å². The summed E-state index contributed by atoms with van der Waals surface area (Å²) in [6.07, 6.45) is 5.21. The minimum Gasteiger partial charge on any atom is -0.375 e. The standard InChI is InChI=1S/C18H32N2/c1-16-10-12-17(13-11-16)20(5)15-9-7-6-8-14-19-18(2,3)4/h10-13,19H,6-9,14-15H2,1-5H3. The molecule has 1 rings (SSSR count). The Morgan fingerprint density at radius 2 is 1.55 bits per heavy atom. The molecule has 1 aromatic carbocycles. The molecule has 1 N–H and O–H groups in total. The first-order valence-electron chi connectivity index (χ1n) is 7.91. The monoisotopic (exact) mass is 276 g/mol. The number of nitrogens with zero attached hydrogens (tertiary/aromatic N) is 1. The summed E-state index contributed by atoms with van der Waals surface area (Å²) in [7, 11) is 2.19. The predicted molar refractivity (Wildman–Crippen MR) is 90.7 cm³/mol. The maximum absolute atomic E-state index is 3.54. The zero-order chi connectivity index (χ0) is 15.0. The average molecular weight is 276 g/mol. The van der Waals surface area contributed by atoms with Gasteiger partial charge in [0.25, 0.3) is 0 Å². The summed E-state index contributed by atoms with van der Waals surface area (Å²) in [5, 5.41) is 3.54. The summed E-state index contributed by atoms with van der Waals surface area (Å²) in [6, 6.07) is 8.79. The Kier molecular flexibility index (Phi) is 7.08. The Bertz CT molecular complexity index is 362. The number of hydrogen-bond donors (Lipinski definition) is 1. The van der Waals surface area contributed by atoms with Crippen LogP contribution in [0.5, 0.6) is 0 Å². The number of anilines is 1. The van der Waals surface area contributed by atoms with Crippen molar-refractivity contribution in [1.82, 2.24) is 5.32 Å². The number of unbranched alkanes of at least 4 members (excludes halogenated alkanes) is 3. The second-order valence-electron chi connectivity index (χ2n) is 6.85. The number of benzene rings is 1. The molecule has 0 aliphatic carbocycles. The lowest BCUT2D eigenvalue weighted by molar-refractivity contribution is 0.416. The van der Waals surface area contributed by atoms with Crippen molar-refractivity contribution in [3.8, 4) is 0 Å². The van der Waals surface area contributed by atoms with E-state index < -0.39 is 0 Å². The minimum atomic E-state index is 0.256. The Balaban J connectivity index is 2.08. The lowest BCUT2D eigenvalue weighted by Gasteiger charge is -2.21. The van der Waals surface area contributed by atoms with Crippen molar-refractivity contribution in [2.24, 2.45) is 0 Å². The smallest absolute Gasteiger partial charge is 0.0363 e. The summed E-state index contributed by atoms with van der Waals surface area (Å²) < 4.78 is 0. The molecule has 2 heteroatoms. The van der Waals surface area contributed by atoms with Gasteiger partial charge in [-0.1, -0.05) is 30.5 Å². The van der Waals surface area contributed by atoms with Crippen molar-refractivity contribution < 1.29 is 0 Å². The molecule has 0 radical (unpaired) electrons. The van der Waals surface area contributed by atoms with E-state index in [9.17, 15) is 0 Å². The molecular weight excluding hydrogens is 244 g/mol. The number of nitrogens with one attached hydrogen (secondary N) is 1. The van der Waals surface area contributed by atoms with Gasteiger partial charge < -0.3 is 10.2 Å². The van der Waals surface area contributed by atoms with Crippen molar-refractivity contribution in [2.45, 2.75) is 58.9 Å². The molecule has 0 atom stereocenters. The summed E-state index contributed by atoms with van der Waals surface area (Å²) >= 11 is 0.